The number of nitrogens with zero attached hydrogens (tertiary/aromatic N) is 2. The third kappa shape index (κ3) is 14.5. The third-order valence-electron chi connectivity index (χ3n) is 9.43. The molecule has 0 heterocycles. The van der Waals surface area contributed by atoms with Crippen molar-refractivity contribution in [2.75, 3.05) is 33.2 Å². The molecule has 1 aromatic rings. The van der Waals surface area contributed by atoms with E-state index in [9.17, 15) is 24.6 Å². The lowest BCUT2D eigenvalue weighted by Crippen LogP contribution is -2.56. The molecule has 260 valence electrons. The van der Waals surface area contributed by atoms with Crippen LogP contribution in [0.5, 0.6) is 0 Å². The number of amides is 3. The van der Waals surface area contributed by atoms with E-state index in [1.165, 1.54) is 6.42 Å². The summed E-state index contributed by atoms with van der Waals surface area (Å²) in [5.41, 5.74) is 0.910. The predicted octanol–water partition coefficient (Wildman–Crippen LogP) is 3.52. The van der Waals surface area contributed by atoms with E-state index in [0.29, 0.717) is 31.7 Å². The Morgan fingerprint density at radius 1 is 0.915 bits per heavy atom. The van der Waals surface area contributed by atoms with E-state index in [1.807, 2.05) is 30.3 Å². The molecule has 47 heavy (non-hydrogen) atoms. The van der Waals surface area contributed by atoms with Crippen LogP contribution in [0.3, 0.4) is 0 Å². The number of carbonyl (C=O) groups excluding carboxylic acids is 3. The molecule has 9 nitrogen and oxygen atoms in total. The number of terminal acetylenes is 2. The maximum Gasteiger partial charge on any atom is 0.242 e. The minimum Gasteiger partial charge on any atom is -0.390 e. The Kier molecular flexibility index (Phi) is 18.8. The lowest BCUT2D eigenvalue weighted by Gasteiger charge is -2.33. The number of hydrogen-bond donors (Lipinski definition) is 4. The summed E-state index contributed by atoms with van der Waals surface area (Å²) >= 11 is 0. The molecule has 0 saturated heterocycles. The molecule has 1 saturated carbocycles. The second-order valence-corrected chi connectivity index (χ2v) is 12.9. The molecule has 0 bridgehead atoms. The van der Waals surface area contributed by atoms with Gasteiger partial charge in [0.1, 0.15) is 12.1 Å². The number of aliphatic hydroxyl groups excluding tert-OH is 2. The molecule has 1 aliphatic rings. The van der Waals surface area contributed by atoms with Gasteiger partial charge in [-0.1, -0.05) is 76.3 Å². The van der Waals surface area contributed by atoms with Crippen LogP contribution in [0.1, 0.15) is 90.0 Å². The van der Waals surface area contributed by atoms with Crippen molar-refractivity contribution in [1.82, 2.24) is 20.4 Å². The molecule has 4 N–H and O–H groups in total. The summed E-state index contributed by atoms with van der Waals surface area (Å²) < 4.78 is 0. The monoisotopic (exact) mass is 650 g/mol. The summed E-state index contributed by atoms with van der Waals surface area (Å²) in [4.78, 5) is 44.9. The van der Waals surface area contributed by atoms with Crippen LogP contribution in [0.2, 0.25) is 0 Å². The normalized spacial score (nSPS) is 16.6. The predicted molar refractivity (Wildman–Crippen MR) is 187 cm³/mol. The molecule has 9 heteroatoms. The average Bonchev–Trinajstić information content (AvgIpc) is 3.09. The summed E-state index contributed by atoms with van der Waals surface area (Å²) in [5.74, 6) is 3.61. The summed E-state index contributed by atoms with van der Waals surface area (Å²) in [7, 11) is 1.75. The van der Waals surface area contributed by atoms with Gasteiger partial charge in [-0.05, 0) is 50.3 Å². The quantitative estimate of drug-likeness (QED) is 0.151. The van der Waals surface area contributed by atoms with Gasteiger partial charge in [0.2, 0.25) is 17.7 Å². The Balaban J connectivity index is 2.24. The van der Waals surface area contributed by atoms with Crippen molar-refractivity contribution in [3.63, 3.8) is 0 Å². The van der Waals surface area contributed by atoms with E-state index in [0.717, 1.165) is 50.9 Å². The number of nitrogens with one attached hydrogen (secondary N) is 2. The van der Waals surface area contributed by atoms with Gasteiger partial charge >= 0.3 is 0 Å². The smallest absolute Gasteiger partial charge is 0.242 e. The number of aliphatic hydroxyl groups is 2. The Morgan fingerprint density at radius 2 is 1.55 bits per heavy atom. The first kappa shape index (κ1) is 39.8. The van der Waals surface area contributed by atoms with Crippen LogP contribution in [-0.4, -0.2) is 95.3 Å². The van der Waals surface area contributed by atoms with Gasteiger partial charge < -0.3 is 30.6 Å². The highest BCUT2D eigenvalue weighted by Crippen LogP contribution is 2.29. The fourth-order valence-corrected chi connectivity index (χ4v) is 6.28. The van der Waals surface area contributed by atoms with Crippen LogP contribution < -0.4 is 10.6 Å². The van der Waals surface area contributed by atoms with Crippen molar-refractivity contribution in [3.8, 4) is 24.7 Å². The number of likely N-dealkylation sites (N-methyl/N-ethyl adjacent to an activating group) is 2. The van der Waals surface area contributed by atoms with Crippen molar-refractivity contribution in [1.29, 1.82) is 0 Å². The second kappa shape index (κ2) is 22.2. The highest BCUT2D eigenvalue weighted by molar-refractivity contribution is 5.91. The molecule has 1 fully saturated rings. The molecule has 5 unspecified atom stereocenters. The van der Waals surface area contributed by atoms with Crippen LogP contribution in [0, 0.1) is 36.5 Å². The maximum atomic E-state index is 13.9. The van der Waals surface area contributed by atoms with Gasteiger partial charge in [-0.3, -0.25) is 14.4 Å². The minimum atomic E-state index is -1.21. The number of carbonyl (C=O) groups is 3. The van der Waals surface area contributed by atoms with Crippen molar-refractivity contribution in [3.05, 3.63) is 35.9 Å². The minimum absolute atomic E-state index is 0.0106. The van der Waals surface area contributed by atoms with Crippen LogP contribution in [0.25, 0.3) is 0 Å². The van der Waals surface area contributed by atoms with Crippen LogP contribution in [0.15, 0.2) is 30.3 Å². The first-order valence-corrected chi connectivity index (χ1v) is 17.5. The maximum absolute atomic E-state index is 13.9. The molecule has 1 aliphatic carbocycles. The summed E-state index contributed by atoms with van der Waals surface area (Å²) in [6, 6.07) is 7.82. The lowest BCUT2D eigenvalue weighted by atomic mass is 9.82. The van der Waals surface area contributed by atoms with Gasteiger partial charge in [-0.25, -0.2) is 0 Å². The van der Waals surface area contributed by atoms with Crippen LogP contribution >= 0.6 is 0 Å². The number of hydrogen-bond acceptors (Lipinski definition) is 6. The average molecular weight is 651 g/mol. The fourth-order valence-electron chi connectivity index (χ4n) is 6.28. The first-order valence-electron chi connectivity index (χ1n) is 17.5. The topological polar surface area (TPSA) is 122 Å². The van der Waals surface area contributed by atoms with Crippen molar-refractivity contribution in [2.24, 2.45) is 11.8 Å². The van der Waals surface area contributed by atoms with Gasteiger partial charge in [0.05, 0.1) is 18.1 Å². The molecule has 0 radical (unpaired) electrons. The second-order valence-electron chi connectivity index (χ2n) is 12.9. The molecule has 3 amide bonds. The molecule has 0 spiro atoms. The van der Waals surface area contributed by atoms with E-state index >= 15 is 0 Å². The van der Waals surface area contributed by atoms with Crippen LogP contribution in [0.4, 0.5) is 0 Å². The van der Waals surface area contributed by atoms with Crippen molar-refractivity contribution in [2.45, 2.75) is 115 Å². The zero-order valence-corrected chi connectivity index (χ0v) is 28.8. The highest BCUT2D eigenvalue weighted by atomic mass is 16.3. The van der Waals surface area contributed by atoms with E-state index in [2.05, 4.69) is 41.2 Å². The van der Waals surface area contributed by atoms with Crippen LogP contribution in [-0.2, 0) is 20.8 Å². The van der Waals surface area contributed by atoms with Gasteiger partial charge in [-0.2, -0.15) is 0 Å². The first-order chi connectivity index (χ1) is 22.6. The Hall–Kier alpha value is -3.37. The number of rotatable bonds is 21. The fraction of sp³-hybridized carbons (Fsp3) is 0.658. The molecule has 0 aromatic heterocycles. The van der Waals surface area contributed by atoms with Gasteiger partial charge in [0, 0.05) is 39.4 Å². The van der Waals surface area contributed by atoms with Gasteiger partial charge in [0.15, 0.2) is 0 Å². The lowest BCUT2D eigenvalue weighted by molar-refractivity contribution is -0.137. The molecule has 1 aromatic carbocycles. The van der Waals surface area contributed by atoms with E-state index < -0.39 is 42.0 Å². The van der Waals surface area contributed by atoms with E-state index in [-0.39, 0.29) is 31.6 Å². The Morgan fingerprint density at radius 3 is 2.17 bits per heavy atom. The van der Waals surface area contributed by atoms with E-state index in [1.54, 1.807) is 11.9 Å². The Bertz CT molecular complexity index is 1150. The molecule has 0 aliphatic heterocycles. The SMILES string of the molecule is C#CCCC(NC(=O)C(CC(=O)N(C)CCN(CC)CC)Cc1ccccc1)C(=O)NC(CC1CCCCC1)C(O)C(O)CCC#C. The Labute approximate surface area is 283 Å². The number of benzene rings is 1. The highest BCUT2D eigenvalue weighted by Gasteiger charge is 2.34. The van der Waals surface area contributed by atoms with Crippen molar-refractivity contribution < 1.29 is 24.6 Å². The third-order valence-corrected chi connectivity index (χ3v) is 9.43. The summed E-state index contributed by atoms with van der Waals surface area (Å²) in [6.07, 6.45) is 15.8. The van der Waals surface area contributed by atoms with E-state index in [4.69, 9.17) is 12.8 Å². The molecular formula is C38H58N4O5. The van der Waals surface area contributed by atoms with Crippen molar-refractivity contribution >= 4 is 17.7 Å². The van der Waals surface area contributed by atoms with Gasteiger partial charge in [0.25, 0.3) is 0 Å². The van der Waals surface area contributed by atoms with Gasteiger partial charge in [-0.15, -0.1) is 24.7 Å². The largest absolute Gasteiger partial charge is 0.390 e. The molecule has 5 atom stereocenters. The summed E-state index contributed by atoms with van der Waals surface area (Å²) in [5, 5.41) is 27.7. The molecular weight excluding hydrogens is 592 g/mol. The standard InChI is InChI=1S/C38H58N4O5/c1-6-10-22-32(38(47)40-33(27-30-20-16-13-17-21-30)36(45)34(43)23-11-7-2)39-37(46)31(26-29-18-14-12-15-19-29)28-35(44)41(5)24-25-42(8-3)9-4/h1-2,12,14-15,18-19,30-34,36,43,45H,8-11,13,16-17,20-28H2,3-5H3,(H,39,46)(H,40,47). The molecule has 2 rings (SSSR count). The zero-order chi connectivity index (χ0) is 34.6. The summed E-state index contributed by atoms with van der Waals surface area (Å²) in [6.45, 7) is 7.23. The zero-order valence-electron chi connectivity index (χ0n) is 28.8.